The van der Waals surface area contributed by atoms with E-state index in [0.717, 1.165) is 42.8 Å². The predicted molar refractivity (Wildman–Crippen MR) is 133 cm³/mol. The van der Waals surface area contributed by atoms with Gasteiger partial charge >= 0.3 is 6.16 Å². The van der Waals surface area contributed by atoms with Crippen molar-refractivity contribution in [3.05, 3.63) is 95.6 Å². The number of oxime groups is 1. The molecule has 1 fully saturated rings. The number of hydrogen-bond donors (Lipinski definition) is 1. The van der Waals surface area contributed by atoms with Gasteiger partial charge in [-0.15, -0.1) is 0 Å². The zero-order valence-corrected chi connectivity index (χ0v) is 19.4. The highest BCUT2D eigenvalue weighted by Crippen LogP contribution is 2.20. The molecule has 4 rings (SSSR count). The third-order valence-corrected chi connectivity index (χ3v) is 6.00. The second kappa shape index (κ2) is 11.5. The minimum Gasteiger partial charge on any atom is -0.450 e. The van der Waals surface area contributed by atoms with Crippen LogP contribution < -0.4 is 0 Å². The van der Waals surface area contributed by atoms with Gasteiger partial charge in [0, 0.05) is 13.1 Å². The molecule has 0 spiro atoms. The first-order valence-corrected chi connectivity index (χ1v) is 11.6. The number of likely N-dealkylation sites (tertiary alicyclic amines) is 1. The number of piperidine rings is 1. The summed E-state index contributed by atoms with van der Waals surface area (Å²) in [5.74, 6) is 0. The van der Waals surface area contributed by atoms with Crippen LogP contribution in [-0.4, -0.2) is 41.1 Å². The van der Waals surface area contributed by atoms with Gasteiger partial charge in [0.2, 0.25) is 0 Å². The first-order chi connectivity index (χ1) is 16.6. The topological polar surface area (TPSA) is 71.4 Å². The van der Waals surface area contributed by atoms with Gasteiger partial charge in [-0.25, -0.2) is 4.79 Å². The maximum absolute atomic E-state index is 10.8. The fourth-order valence-corrected chi connectivity index (χ4v) is 4.19. The van der Waals surface area contributed by atoms with Crippen molar-refractivity contribution in [1.82, 2.24) is 4.90 Å². The molecule has 3 aromatic rings. The van der Waals surface area contributed by atoms with E-state index in [1.54, 1.807) is 0 Å². The molecular weight excluding hydrogens is 428 g/mol. The minimum atomic E-state index is -1.20. The lowest BCUT2D eigenvalue weighted by atomic mass is 10.0. The fraction of sp³-hybridized carbons (Fsp3) is 0.286. The van der Waals surface area contributed by atoms with Crippen molar-refractivity contribution in [2.45, 2.75) is 39.0 Å². The Labute approximate surface area is 200 Å². The summed E-state index contributed by atoms with van der Waals surface area (Å²) in [5, 5.41) is 13.1. The van der Waals surface area contributed by atoms with E-state index in [1.165, 1.54) is 16.7 Å². The molecule has 6 heteroatoms. The van der Waals surface area contributed by atoms with Crippen molar-refractivity contribution in [1.29, 1.82) is 0 Å². The third kappa shape index (κ3) is 6.68. The Bertz CT molecular complexity index is 1100. The highest BCUT2D eigenvalue weighted by atomic mass is 16.7. The van der Waals surface area contributed by atoms with E-state index < -0.39 is 6.16 Å². The van der Waals surface area contributed by atoms with Crippen LogP contribution in [0.4, 0.5) is 4.79 Å². The standard InChI is InChI=1S/C28H30N2O4/c1-21(29-33-20-23-11-15-26(16-12-23)25-6-3-2-4-7-25)24-13-9-22(10-14-24)18-30-17-5-8-27(19-30)34-28(31)32/h2-4,6-7,9-16,27H,5,8,17-20H2,1H3,(H,31,32). The Morgan fingerprint density at radius 2 is 1.65 bits per heavy atom. The van der Waals surface area contributed by atoms with Crippen LogP contribution >= 0.6 is 0 Å². The number of hydrogen-bond acceptors (Lipinski definition) is 5. The molecule has 1 aliphatic heterocycles. The summed E-state index contributed by atoms with van der Waals surface area (Å²) in [4.78, 5) is 18.6. The molecule has 0 saturated carbocycles. The molecule has 6 nitrogen and oxygen atoms in total. The molecule has 0 aromatic heterocycles. The van der Waals surface area contributed by atoms with E-state index in [2.05, 4.69) is 58.6 Å². The lowest BCUT2D eigenvalue weighted by Crippen LogP contribution is -2.39. The average molecular weight is 459 g/mol. The zero-order valence-electron chi connectivity index (χ0n) is 19.4. The molecule has 1 N–H and O–H groups in total. The molecule has 1 heterocycles. The van der Waals surface area contributed by atoms with Gasteiger partial charge in [0.25, 0.3) is 0 Å². The number of carbonyl (C=O) groups is 1. The van der Waals surface area contributed by atoms with Gasteiger partial charge in [0.15, 0.2) is 0 Å². The Morgan fingerprint density at radius 3 is 2.35 bits per heavy atom. The zero-order chi connectivity index (χ0) is 23.8. The van der Waals surface area contributed by atoms with Gasteiger partial charge in [-0.1, -0.05) is 84.0 Å². The van der Waals surface area contributed by atoms with Crippen molar-refractivity contribution in [2.24, 2.45) is 5.16 Å². The molecule has 34 heavy (non-hydrogen) atoms. The molecule has 0 radical (unpaired) electrons. The summed E-state index contributed by atoms with van der Waals surface area (Å²) in [6.07, 6.45) is 0.284. The van der Waals surface area contributed by atoms with Crippen LogP contribution in [0.5, 0.6) is 0 Å². The van der Waals surface area contributed by atoms with Gasteiger partial charge in [0.1, 0.15) is 12.7 Å². The van der Waals surface area contributed by atoms with Gasteiger partial charge in [-0.05, 0) is 54.1 Å². The molecule has 0 amide bonds. The highest BCUT2D eigenvalue weighted by molar-refractivity contribution is 5.98. The van der Waals surface area contributed by atoms with Gasteiger partial charge < -0.3 is 14.7 Å². The summed E-state index contributed by atoms with van der Waals surface area (Å²) in [6.45, 7) is 4.70. The summed E-state index contributed by atoms with van der Waals surface area (Å²) in [5.41, 5.74) is 6.44. The lowest BCUT2D eigenvalue weighted by molar-refractivity contribution is 0.0117. The van der Waals surface area contributed by atoms with Gasteiger partial charge in [-0.3, -0.25) is 4.90 Å². The maximum atomic E-state index is 10.8. The molecule has 0 aliphatic carbocycles. The SMILES string of the molecule is CC(=NOCc1ccc(-c2ccccc2)cc1)c1ccc(CN2CCCC(OC(=O)O)C2)cc1. The maximum Gasteiger partial charge on any atom is 0.506 e. The van der Waals surface area contributed by atoms with Gasteiger partial charge in [-0.2, -0.15) is 0 Å². The van der Waals surface area contributed by atoms with Crippen LogP contribution in [0.15, 0.2) is 84.0 Å². The highest BCUT2D eigenvalue weighted by Gasteiger charge is 2.22. The molecule has 1 atom stereocenters. The summed E-state index contributed by atoms with van der Waals surface area (Å²) in [7, 11) is 0. The van der Waals surface area contributed by atoms with E-state index in [0.29, 0.717) is 13.2 Å². The Kier molecular flexibility index (Phi) is 7.94. The number of rotatable bonds is 8. The fourth-order valence-electron chi connectivity index (χ4n) is 4.19. The molecular formula is C28H30N2O4. The van der Waals surface area contributed by atoms with Crippen LogP contribution in [-0.2, 0) is 22.7 Å². The van der Waals surface area contributed by atoms with Crippen LogP contribution in [0.1, 0.15) is 36.5 Å². The van der Waals surface area contributed by atoms with Crippen LogP contribution in [0.3, 0.4) is 0 Å². The largest absolute Gasteiger partial charge is 0.506 e. The Hall–Kier alpha value is -3.64. The molecule has 3 aromatic carbocycles. The number of benzene rings is 3. The van der Waals surface area contributed by atoms with Crippen LogP contribution in [0.2, 0.25) is 0 Å². The third-order valence-electron chi connectivity index (χ3n) is 6.00. The first-order valence-electron chi connectivity index (χ1n) is 11.6. The van der Waals surface area contributed by atoms with Crippen molar-refractivity contribution in [2.75, 3.05) is 13.1 Å². The average Bonchev–Trinajstić information content (AvgIpc) is 2.85. The predicted octanol–water partition coefficient (Wildman–Crippen LogP) is 5.95. The van der Waals surface area contributed by atoms with E-state index in [4.69, 9.17) is 14.7 Å². The van der Waals surface area contributed by atoms with Crippen molar-refractivity contribution >= 4 is 11.9 Å². The van der Waals surface area contributed by atoms with Crippen molar-refractivity contribution in [3.8, 4) is 11.1 Å². The number of carboxylic acid groups (broad SMARTS) is 1. The van der Waals surface area contributed by atoms with E-state index in [9.17, 15) is 4.79 Å². The minimum absolute atomic E-state index is 0.244. The Balaban J connectivity index is 1.27. The van der Waals surface area contributed by atoms with Crippen molar-refractivity contribution in [3.63, 3.8) is 0 Å². The van der Waals surface area contributed by atoms with Crippen LogP contribution in [0, 0.1) is 0 Å². The van der Waals surface area contributed by atoms with Gasteiger partial charge in [0.05, 0.1) is 5.71 Å². The van der Waals surface area contributed by atoms with Crippen LogP contribution in [0.25, 0.3) is 11.1 Å². The smallest absolute Gasteiger partial charge is 0.450 e. The summed E-state index contributed by atoms with van der Waals surface area (Å²) < 4.78 is 4.95. The molecule has 0 bridgehead atoms. The molecule has 1 unspecified atom stereocenters. The second-order valence-electron chi connectivity index (χ2n) is 8.59. The van der Waals surface area contributed by atoms with Crippen molar-refractivity contribution < 1.29 is 19.5 Å². The number of nitrogens with zero attached hydrogens (tertiary/aromatic N) is 2. The first kappa shape index (κ1) is 23.5. The summed E-state index contributed by atoms with van der Waals surface area (Å²) in [6, 6.07) is 26.9. The molecule has 1 aliphatic rings. The monoisotopic (exact) mass is 458 g/mol. The molecule has 1 saturated heterocycles. The quantitative estimate of drug-likeness (QED) is 0.256. The number of ether oxygens (including phenoxy) is 1. The van der Waals surface area contributed by atoms with E-state index in [-0.39, 0.29) is 6.10 Å². The molecule has 176 valence electrons. The van der Waals surface area contributed by atoms with E-state index in [1.807, 2.05) is 37.3 Å². The summed E-state index contributed by atoms with van der Waals surface area (Å²) >= 11 is 0. The van der Waals surface area contributed by atoms with E-state index >= 15 is 0 Å². The Morgan fingerprint density at radius 1 is 0.971 bits per heavy atom. The lowest BCUT2D eigenvalue weighted by Gasteiger charge is -2.31. The second-order valence-corrected chi connectivity index (χ2v) is 8.59. The normalized spacial score (nSPS) is 16.7.